The predicted octanol–water partition coefficient (Wildman–Crippen LogP) is 3.01. The lowest BCUT2D eigenvalue weighted by molar-refractivity contribution is -0.141. The fourth-order valence-corrected chi connectivity index (χ4v) is 4.93. The van der Waals surface area contributed by atoms with E-state index in [4.69, 9.17) is 0 Å². The van der Waals surface area contributed by atoms with Crippen molar-refractivity contribution in [2.75, 3.05) is 26.2 Å². The SMILES string of the molecule is O=C1CC[C@@H]2CN(CC3CC3)CC[C@@H]2N1CCc1cccs1. The summed E-state index contributed by atoms with van der Waals surface area (Å²) < 4.78 is 0. The molecule has 2 aliphatic heterocycles. The average Bonchev–Trinajstić information content (AvgIpc) is 3.18. The van der Waals surface area contributed by atoms with Gasteiger partial charge in [-0.15, -0.1) is 11.3 Å². The molecule has 4 rings (SSSR count). The van der Waals surface area contributed by atoms with Crippen LogP contribution in [-0.4, -0.2) is 47.9 Å². The molecule has 1 aliphatic carbocycles. The third kappa shape index (κ3) is 3.23. The molecule has 3 nitrogen and oxygen atoms in total. The summed E-state index contributed by atoms with van der Waals surface area (Å²) in [6.45, 7) is 4.65. The van der Waals surface area contributed by atoms with Gasteiger partial charge in [0, 0.05) is 43.5 Å². The zero-order chi connectivity index (χ0) is 14.9. The Labute approximate surface area is 137 Å². The molecule has 0 radical (unpaired) electrons. The first-order valence-corrected chi connectivity index (χ1v) is 9.72. The Morgan fingerprint density at radius 1 is 1.23 bits per heavy atom. The number of piperidine rings is 2. The number of thiophene rings is 1. The summed E-state index contributed by atoms with van der Waals surface area (Å²) in [6.07, 6.45) is 6.97. The number of hydrogen-bond acceptors (Lipinski definition) is 3. The molecule has 22 heavy (non-hydrogen) atoms. The smallest absolute Gasteiger partial charge is 0.222 e. The van der Waals surface area contributed by atoms with Crippen molar-refractivity contribution in [3.8, 4) is 0 Å². The lowest BCUT2D eigenvalue weighted by Gasteiger charge is -2.47. The third-order valence-corrected chi connectivity index (χ3v) is 6.56. The highest BCUT2D eigenvalue weighted by atomic mass is 32.1. The highest BCUT2D eigenvalue weighted by molar-refractivity contribution is 7.09. The highest BCUT2D eigenvalue weighted by Crippen LogP contribution is 2.35. The van der Waals surface area contributed by atoms with Crippen LogP contribution in [0.2, 0.25) is 0 Å². The van der Waals surface area contributed by atoms with Gasteiger partial charge in [0.15, 0.2) is 0 Å². The van der Waals surface area contributed by atoms with Gasteiger partial charge in [-0.2, -0.15) is 0 Å². The van der Waals surface area contributed by atoms with Crippen LogP contribution in [-0.2, 0) is 11.2 Å². The summed E-state index contributed by atoms with van der Waals surface area (Å²) in [7, 11) is 0. The Morgan fingerprint density at radius 3 is 2.91 bits per heavy atom. The minimum Gasteiger partial charge on any atom is -0.339 e. The molecule has 0 bridgehead atoms. The van der Waals surface area contributed by atoms with Crippen molar-refractivity contribution in [2.24, 2.45) is 11.8 Å². The van der Waals surface area contributed by atoms with Gasteiger partial charge in [-0.25, -0.2) is 0 Å². The summed E-state index contributed by atoms with van der Waals surface area (Å²) >= 11 is 1.81. The molecule has 0 spiro atoms. The van der Waals surface area contributed by atoms with Crippen LogP contribution in [0.15, 0.2) is 17.5 Å². The van der Waals surface area contributed by atoms with Gasteiger partial charge in [0.1, 0.15) is 0 Å². The Hall–Kier alpha value is -0.870. The predicted molar refractivity (Wildman–Crippen MR) is 90.0 cm³/mol. The fourth-order valence-electron chi connectivity index (χ4n) is 4.23. The minimum atomic E-state index is 0.397. The standard InChI is InChI=1S/C18H26N2OS/c21-18-6-5-15-13-19(12-14-3-4-14)9-8-17(15)20(18)10-7-16-2-1-11-22-16/h1-2,11,14-15,17H,3-10,12-13H2/t15-,17+/m1/s1. The van der Waals surface area contributed by atoms with E-state index in [0.29, 0.717) is 17.9 Å². The van der Waals surface area contributed by atoms with E-state index in [0.717, 1.165) is 31.7 Å². The lowest BCUT2D eigenvalue weighted by atomic mass is 9.83. The molecule has 0 unspecified atom stereocenters. The number of fused-ring (bicyclic) bond motifs is 1. The quantitative estimate of drug-likeness (QED) is 0.833. The zero-order valence-corrected chi connectivity index (χ0v) is 14.1. The maximum Gasteiger partial charge on any atom is 0.222 e. The van der Waals surface area contributed by atoms with Crippen LogP contribution < -0.4 is 0 Å². The van der Waals surface area contributed by atoms with Gasteiger partial charge in [-0.3, -0.25) is 4.79 Å². The number of carbonyl (C=O) groups is 1. The summed E-state index contributed by atoms with van der Waals surface area (Å²) in [5, 5.41) is 2.13. The topological polar surface area (TPSA) is 23.6 Å². The first-order valence-electron chi connectivity index (χ1n) is 8.84. The zero-order valence-electron chi connectivity index (χ0n) is 13.2. The molecular formula is C18H26N2OS. The Bertz CT molecular complexity index is 511. The molecule has 1 aromatic heterocycles. The summed E-state index contributed by atoms with van der Waals surface area (Å²) in [5.74, 6) is 2.10. The Morgan fingerprint density at radius 2 is 2.14 bits per heavy atom. The molecule has 1 amide bonds. The van der Waals surface area contributed by atoms with Gasteiger partial charge in [0.05, 0.1) is 0 Å². The van der Waals surface area contributed by atoms with Crippen molar-refractivity contribution in [1.82, 2.24) is 9.80 Å². The molecule has 1 aromatic rings. The first-order chi connectivity index (χ1) is 10.8. The van der Waals surface area contributed by atoms with E-state index in [2.05, 4.69) is 27.3 Å². The normalized spacial score (nSPS) is 29.6. The van der Waals surface area contributed by atoms with E-state index in [1.165, 1.54) is 43.8 Å². The molecule has 4 heteroatoms. The van der Waals surface area contributed by atoms with Crippen LogP contribution in [0.1, 0.15) is 37.0 Å². The largest absolute Gasteiger partial charge is 0.339 e. The van der Waals surface area contributed by atoms with Gasteiger partial charge in [0.2, 0.25) is 5.91 Å². The first kappa shape index (κ1) is 14.7. The fraction of sp³-hybridized carbons (Fsp3) is 0.722. The second kappa shape index (κ2) is 6.32. The number of carbonyl (C=O) groups excluding carboxylic acids is 1. The summed E-state index contributed by atoms with van der Waals surface area (Å²) in [4.78, 5) is 18.7. The van der Waals surface area contributed by atoms with Crippen LogP contribution in [0.25, 0.3) is 0 Å². The van der Waals surface area contributed by atoms with Crippen LogP contribution in [0, 0.1) is 11.8 Å². The van der Waals surface area contributed by atoms with Crippen LogP contribution in [0.3, 0.4) is 0 Å². The average molecular weight is 318 g/mol. The molecule has 3 aliphatic rings. The van der Waals surface area contributed by atoms with Crippen molar-refractivity contribution >= 4 is 17.2 Å². The Balaban J connectivity index is 1.37. The molecule has 120 valence electrons. The van der Waals surface area contributed by atoms with Crippen LogP contribution in [0.5, 0.6) is 0 Å². The van der Waals surface area contributed by atoms with E-state index in [9.17, 15) is 4.79 Å². The molecule has 0 N–H and O–H groups in total. The van der Waals surface area contributed by atoms with Crippen molar-refractivity contribution in [2.45, 2.75) is 44.6 Å². The van der Waals surface area contributed by atoms with E-state index in [1.807, 2.05) is 11.3 Å². The molecule has 3 heterocycles. The Kier molecular flexibility index (Phi) is 4.23. The van der Waals surface area contributed by atoms with E-state index >= 15 is 0 Å². The second-order valence-electron chi connectivity index (χ2n) is 7.27. The third-order valence-electron chi connectivity index (χ3n) is 5.62. The number of nitrogens with zero attached hydrogens (tertiary/aromatic N) is 2. The van der Waals surface area contributed by atoms with Crippen molar-refractivity contribution in [1.29, 1.82) is 0 Å². The van der Waals surface area contributed by atoms with E-state index in [-0.39, 0.29) is 0 Å². The van der Waals surface area contributed by atoms with Crippen LogP contribution >= 0.6 is 11.3 Å². The number of likely N-dealkylation sites (tertiary alicyclic amines) is 2. The van der Waals surface area contributed by atoms with E-state index < -0.39 is 0 Å². The maximum absolute atomic E-state index is 12.4. The van der Waals surface area contributed by atoms with Crippen LogP contribution in [0.4, 0.5) is 0 Å². The summed E-state index contributed by atoms with van der Waals surface area (Å²) in [5.41, 5.74) is 0. The molecule has 2 atom stereocenters. The van der Waals surface area contributed by atoms with E-state index in [1.54, 1.807) is 0 Å². The number of hydrogen-bond donors (Lipinski definition) is 0. The van der Waals surface area contributed by atoms with Crippen molar-refractivity contribution < 1.29 is 4.79 Å². The van der Waals surface area contributed by atoms with Gasteiger partial charge in [-0.1, -0.05) is 6.07 Å². The number of rotatable bonds is 5. The minimum absolute atomic E-state index is 0.397. The van der Waals surface area contributed by atoms with Gasteiger partial charge < -0.3 is 9.80 Å². The van der Waals surface area contributed by atoms with Gasteiger partial charge in [-0.05, 0) is 55.4 Å². The molecular weight excluding hydrogens is 292 g/mol. The monoisotopic (exact) mass is 318 g/mol. The molecule has 1 saturated carbocycles. The lowest BCUT2D eigenvalue weighted by Crippen LogP contribution is -2.56. The molecule has 3 fully saturated rings. The summed E-state index contributed by atoms with van der Waals surface area (Å²) in [6, 6.07) is 4.81. The second-order valence-corrected chi connectivity index (χ2v) is 8.31. The maximum atomic E-state index is 12.4. The van der Waals surface area contributed by atoms with Gasteiger partial charge in [0.25, 0.3) is 0 Å². The molecule has 2 saturated heterocycles. The highest BCUT2D eigenvalue weighted by Gasteiger charge is 2.39. The van der Waals surface area contributed by atoms with Crippen molar-refractivity contribution in [3.63, 3.8) is 0 Å². The van der Waals surface area contributed by atoms with Crippen molar-refractivity contribution in [3.05, 3.63) is 22.4 Å². The number of amides is 1. The molecule has 0 aromatic carbocycles. The van der Waals surface area contributed by atoms with Gasteiger partial charge >= 0.3 is 0 Å².